The monoisotopic (exact) mass is 263 g/mol. The highest BCUT2D eigenvalue weighted by atomic mass is 16.2. The third kappa shape index (κ3) is 3.81. The summed E-state index contributed by atoms with van der Waals surface area (Å²) in [5, 5.41) is 6.23. The van der Waals surface area contributed by atoms with Crippen LogP contribution in [-0.2, 0) is 4.79 Å². The SMILES string of the molecule is CNc1cc(NCCC(=O)N(C)C)nc(C2CC2)n1. The first kappa shape index (κ1) is 13.6. The van der Waals surface area contributed by atoms with Crippen LogP contribution in [0.1, 0.15) is 31.0 Å². The van der Waals surface area contributed by atoms with E-state index in [4.69, 9.17) is 0 Å². The summed E-state index contributed by atoms with van der Waals surface area (Å²) in [5.74, 6) is 3.12. The second-order valence-electron chi connectivity index (χ2n) is 4.99. The largest absolute Gasteiger partial charge is 0.373 e. The Morgan fingerprint density at radius 1 is 1.37 bits per heavy atom. The lowest BCUT2D eigenvalue weighted by atomic mass is 10.3. The van der Waals surface area contributed by atoms with Crippen molar-refractivity contribution in [3.05, 3.63) is 11.9 Å². The van der Waals surface area contributed by atoms with Crippen molar-refractivity contribution in [2.24, 2.45) is 0 Å². The van der Waals surface area contributed by atoms with Gasteiger partial charge in [-0.15, -0.1) is 0 Å². The minimum atomic E-state index is 0.109. The Balaban J connectivity index is 1.95. The number of hydrogen-bond donors (Lipinski definition) is 2. The molecule has 1 heterocycles. The van der Waals surface area contributed by atoms with Gasteiger partial charge in [-0.05, 0) is 12.8 Å². The van der Waals surface area contributed by atoms with Crippen LogP contribution in [0.5, 0.6) is 0 Å². The van der Waals surface area contributed by atoms with Crippen LogP contribution in [-0.4, -0.2) is 48.5 Å². The number of anilines is 2. The van der Waals surface area contributed by atoms with E-state index in [-0.39, 0.29) is 5.91 Å². The summed E-state index contributed by atoms with van der Waals surface area (Å²) in [6.45, 7) is 0.585. The van der Waals surface area contributed by atoms with Gasteiger partial charge in [-0.2, -0.15) is 0 Å². The topological polar surface area (TPSA) is 70.2 Å². The standard InChI is InChI=1S/C13H21N5O/c1-14-10-8-11(15-7-6-12(19)18(2)3)17-13(16-10)9-4-5-9/h8-9H,4-7H2,1-3H3,(H2,14,15,16,17). The molecule has 104 valence electrons. The van der Waals surface area contributed by atoms with Crippen molar-refractivity contribution in [3.8, 4) is 0 Å². The molecule has 0 bridgehead atoms. The lowest BCUT2D eigenvalue weighted by molar-refractivity contribution is -0.128. The molecule has 0 aliphatic heterocycles. The third-order valence-electron chi connectivity index (χ3n) is 3.09. The fourth-order valence-corrected chi connectivity index (χ4v) is 1.73. The summed E-state index contributed by atoms with van der Waals surface area (Å²) in [7, 11) is 5.37. The van der Waals surface area contributed by atoms with Gasteiger partial charge in [-0.25, -0.2) is 9.97 Å². The van der Waals surface area contributed by atoms with E-state index < -0.39 is 0 Å². The molecular weight excluding hydrogens is 242 g/mol. The Hall–Kier alpha value is -1.85. The Kier molecular flexibility index (Phi) is 4.19. The highest BCUT2D eigenvalue weighted by Gasteiger charge is 2.27. The maximum atomic E-state index is 11.5. The first-order chi connectivity index (χ1) is 9.10. The molecule has 1 aliphatic rings. The highest BCUT2D eigenvalue weighted by Crippen LogP contribution is 2.38. The predicted octanol–water partition coefficient (Wildman–Crippen LogP) is 1.29. The van der Waals surface area contributed by atoms with Crippen LogP contribution in [0.3, 0.4) is 0 Å². The van der Waals surface area contributed by atoms with Crippen molar-refractivity contribution in [3.63, 3.8) is 0 Å². The second-order valence-corrected chi connectivity index (χ2v) is 4.99. The van der Waals surface area contributed by atoms with Crippen molar-refractivity contribution < 1.29 is 4.79 Å². The first-order valence-corrected chi connectivity index (χ1v) is 6.61. The summed E-state index contributed by atoms with van der Waals surface area (Å²) in [5.41, 5.74) is 0. The molecule has 0 saturated heterocycles. The molecule has 0 radical (unpaired) electrons. The summed E-state index contributed by atoms with van der Waals surface area (Å²) >= 11 is 0. The highest BCUT2D eigenvalue weighted by molar-refractivity contribution is 5.76. The van der Waals surface area contributed by atoms with Crippen LogP contribution in [0.4, 0.5) is 11.6 Å². The van der Waals surface area contributed by atoms with Crippen molar-refractivity contribution in [2.45, 2.75) is 25.2 Å². The van der Waals surface area contributed by atoms with Crippen LogP contribution in [0.25, 0.3) is 0 Å². The molecule has 1 aromatic heterocycles. The smallest absolute Gasteiger partial charge is 0.223 e. The molecule has 2 N–H and O–H groups in total. The van der Waals surface area contributed by atoms with E-state index in [9.17, 15) is 4.79 Å². The van der Waals surface area contributed by atoms with E-state index in [2.05, 4.69) is 20.6 Å². The van der Waals surface area contributed by atoms with E-state index >= 15 is 0 Å². The summed E-state index contributed by atoms with van der Waals surface area (Å²) < 4.78 is 0. The quantitative estimate of drug-likeness (QED) is 0.809. The van der Waals surface area contributed by atoms with Gasteiger partial charge in [0.15, 0.2) is 0 Å². The van der Waals surface area contributed by atoms with Crippen molar-refractivity contribution >= 4 is 17.5 Å². The van der Waals surface area contributed by atoms with Gasteiger partial charge in [0.05, 0.1) is 0 Å². The molecular formula is C13H21N5O. The second kappa shape index (κ2) is 5.86. The molecule has 0 spiro atoms. The van der Waals surface area contributed by atoms with E-state index in [0.29, 0.717) is 18.9 Å². The maximum Gasteiger partial charge on any atom is 0.223 e. The summed E-state index contributed by atoms with van der Waals surface area (Å²) in [6, 6.07) is 1.87. The zero-order valence-electron chi connectivity index (χ0n) is 11.7. The molecule has 6 heteroatoms. The van der Waals surface area contributed by atoms with Gasteiger partial charge in [0.1, 0.15) is 17.5 Å². The average molecular weight is 263 g/mol. The number of hydrogen-bond acceptors (Lipinski definition) is 5. The van der Waals surface area contributed by atoms with Gasteiger partial charge in [-0.1, -0.05) is 0 Å². The van der Waals surface area contributed by atoms with Gasteiger partial charge in [0.25, 0.3) is 0 Å². The molecule has 1 fully saturated rings. The van der Waals surface area contributed by atoms with Gasteiger partial charge in [0.2, 0.25) is 5.91 Å². The van der Waals surface area contributed by atoms with Crippen LogP contribution in [0.2, 0.25) is 0 Å². The van der Waals surface area contributed by atoms with Gasteiger partial charge >= 0.3 is 0 Å². The lowest BCUT2D eigenvalue weighted by Crippen LogP contribution is -2.24. The van der Waals surface area contributed by atoms with Gasteiger partial charge in [0, 0.05) is 46.1 Å². The van der Waals surface area contributed by atoms with E-state index in [0.717, 1.165) is 17.5 Å². The molecule has 6 nitrogen and oxygen atoms in total. The lowest BCUT2D eigenvalue weighted by Gasteiger charge is -2.12. The molecule has 2 rings (SSSR count). The van der Waals surface area contributed by atoms with Crippen LogP contribution < -0.4 is 10.6 Å². The van der Waals surface area contributed by atoms with E-state index in [1.807, 2.05) is 13.1 Å². The van der Waals surface area contributed by atoms with Crippen molar-refractivity contribution in [1.82, 2.24) is 14.9 Å². The molecule has 1 saturated carbocycles. The molecule has 0 atom stereocenters. The van der Waals surface area contributed by atoms with Crippen LogP contribution in [0, 0.1) is 0 Å². The minimum Gasteiger partial charge on any atom is -0.373 e. The maximum absolute atomic E-state index is 11.5. The van der Waals surface area contributed by atoms with Crippen molar-refractivity contribution in [1.29, 1.82) is 0 Å². The van der Waals surface area contributed by atoms with E-state index in [1.54, 1.807) is 19.0 Å². The Labute approximate surface area is 113 Å². The third-order valence-corrected chi connectivity index (χ3v) is 3.09. The zero-order valence-corrected chi connectivity index (χ0v) is 11.7. The Morgan fingerprint density at radius 3 is 2.63 bits per heavy atom. The van der Waals surface area contributed by atoms with Crippen LogP contribution >= 0.6 is 0 Å². The van der Waals surface area contributed by atoms with Gasteiger partial charge < -0.3 is 15.5 Å². The molecule has 1 aliphatic carbocycles. The molecule has 0 aromatic carbocycles. The van der Waals surface area contributed by atoms with Crippen LogP contribution in [0.15, 0.2) is 6.07 Å². The Morgan fingerprint density at radius 2 is 2.05 bits per heavy atom. The number of aromatic nitrogens is 2. The fraction of sp³-hybridized carbons (Fsp3) is 0.615. The van der Waals surface area contributed by atoms with Crippen molar-refractivity contribution in [2.75, 3.05) is 38.3 Å². The predicted molar refractivity (Wildman–Crippen MR) is 75.4 cm³/mol. The zero-order chi connectivity index (χ0) is 13.8. The number of rotatable bonds is 6. The number of nitrogens with zero attached hydrogens (tertiary/aromatic N) is 3. The number of carbonyl (C=O) groups is 1. The molecule has 19 heavy (non-hydrogen) atoms. The van der Waals surface area contributed by atoms with Gasteiger partial charge in [-0.3, -0.25) is 4.79 Å². The minimum absolute atomic E-state index is 0.109. The molecule has 1 aromatic rings. The number of carbonyl (C=O) groups excluding carboxylic acids is 1. The number of nitrogens with one attached hydrogen (secondary N) is 2. The molecule has 1 amide bonds. The normalized spacial score (nSPS) is 14.1. The summed E-state index contributed by atoms with van der Waals surface area (Å²) in [6.07, 6.45) is 2.81. The fourth-order valence-electron chi connectivity index (χ4n) is 1.73. The number of amides is 1. The Bertz CT molecular complexity index is 456. The van der Waals surface area contributed by atoms with E-state index in [1.165, 1.54) is 12.8 Å². The first-order valence-electron chi connectivity index (χ1n) is 6.61. The summed E-state index contributed by atoms with van der Waals surface area (Å²) in [4.78, 5) is 22.0. The average Bonchev–Trinajstić information content (AvgIpc) is 3.22. The molecule has 0 unspecified atom stereocenters.